The number of aromatic nitrogens is 3. The molecule has 4 N–H and O–H groups in total. The molecule has 1 aromatic heterocycles. The smallest absolute Gasteiger partial charge is 0.214 e. The van der Waals surface area contributed by atoms with Crippen LogP contribution in [0.1, 0.15) is 11.4 Å². The molecule has 0 bridgehead atoms. The third-order valence-electron chi connectivity index (χ3n) is 2.34. The number of rotatable bonds is 3. The highest BCUT2D eigenvalue weighted by atomic mass is 32.1. The Hall–Kier alpha value is -2.02. The van der Waals surface area contributed by atoms with Crippen molar-refractivity contribution in [2.45, 2.75) is 13.5 Å². The van der Waals surface area contributed by atoms with Crippen LogP contribution in [-0.2, 0) is 6.54 Å². The van der Waals surface area contributed by atoms with E-state index in [1.54, 1.807) is 17.7 Å². The lowest BCUT2D eigenvalue weighted by Gasteiger charge is -2.09. The SMILES string of the molecule is Cc1n[nH]c(=S)n1NCc1ccc(O)cc1O. The first-order valence-electron chi connectivity index (χ1n) is 4.96. The van der Waals surface area contributed by atoms with Gasteiger partial charge >= 0.3 is 0 Å². The van der Waals surface area contributed by atoms with Gasteiger partial charge in [-0.25, -0.2) is 4.68 Å². The van der Waals surface area contributed by atoms with E-state index in [1.807, 2.05) is 0 Å². The fourth-order valence-electron chi connectivity index (χ4n) is 1.43. The predicted molar refractivity (Wildman–Crippen MR) is 65.0 cm³/mol. The molecule has 0 aliphatic carbocycles. The maximum atomic E-state index is 9.60. The molecule has 0 fully saturated rings. The number of aryl methyl sites for hydroxylation is 1. The summed E-state index contributed by atoms with van der Waals surface area (Å²) in [4.78, 5) is 0. The van der Waals surface area contributed by atoms with Crippen LogP contribution in [0.2, 0.25) is 0 Å². The Morgan fingerprint density at radius 2 is 2.24 bits per heavy atom. The molecule has 0 saturated carbocycles. The van der Waals surface area contributed by atoms with E-state index in [0.717, 1.165) is 0 Å². The number of aromatic hydroxyl groups is 2. The highest BCUT2D eigenvalue weighted by Crippen LogP contribution is 2.22. The van der Waals surface area contributed by atoms with E-state index in [9.17, 15) is 5.11 Å². The maximum absolute atomic E-state index is 9.60. The Kier molecular flexibility index (Phi) is 3.01. The summed E-state index contributed by atoms with van der Waals surface area (Å²) in [5.41, 5.74) is 3.67. The summed E-state index contributed by atoms with van der Waals surface area (Å²) >= 11 is 5.02. The zero-order chi connectivity index (χ0) is 12.4. The van der Waals surface area contributed by atoms with Crippen molar-refractivity contribution >= 4 is 12.2 Å². The van der Waals surface area contributed by atoms with Crippen LogP contribution in [0.25, 0.3) is 0 Å². The zero-order valence-electron chi connectivity index (χ0n) is 9.14. The molecule has 0 atom stereocenters. The molecule has 1 heterocycles. The molecule has 0 spiro atoms. The Morgan fingerprint density at radius 1 is 1.47 bits per heavy atom. The molecular formula is C10H12N4O2S. The van der Waals surface area contributed by atoms with Gasteiger partial charge in [0.25, 0.3) is 0 Å². The summed E-state index contributed by atoms with van der Waals surface area (Å²) in [5.74, 6) is 0.765. The molecule has 0 saturated heterocycles. The van der Waals surface area contributed by atoms with Gasteiger partial charge in [-0.15, -0.1) is 0 Å². The fourth-order valence-corrected chi connectivity index (χ4v) is 1.67. The summed E-state index contributed by atoms with van der Waals surface area (Å²) < 4.78 is 2.07. The van der Waals surface area contributed by atoms with Gasteiger partial charge in [0.05, 0.1) is 6.54 Å². The summed E-state index contributed by atoms with van der Waals surface area (Å²) in [6.45, 7) is 2.18. The van der Waals surface area contributed by atoms with Gasteiger partial charge in [-0.3, -0.25) is 5.10 Å². The standard InChI is InChI=1S/C10H12N4O2S/c1-6-12-13-10(17)14(6)11-5-7-2-3-8(15)4-9(7)16/h2-4,11,15-16H,5H2,1H3,(H,13,17). The van der Waals surface area contributed by atoms with Crippen LogP contribution in [-0.4, -0.2) is 25.1 Å². The third kappa shape index (κ3) is 2.39. The predicted octanol–water partition coefficient (Wildman–Crippen LogP) is 1.40. The third-order valence-corrected chi connectivity index (χ3v) is 2.61. The van der Waals surface area contributed by atoms with Crippen LogP contribution in [0.5, 0.6) is 11.5 Å². The Labute approximate surface area is 103 Å². The molecule has 0 aliphatic heterocycles. The number of phenolic OH excluding ortho intramolecular Hbond substituents is 2. The number of nitrogens with zero attached hydrogens (tertiary/aromatic N) is 2. The van der Waals surface area contributed by atoms with Crippen molar-refractivity contribution in [1.29, 1.82) is 0 Å². The average Bonchev–Trinajstić information content (AvgIpc) is 2.58. The van der Waals surface area contributed by atoms with Crippen LogP contribution in [0.4, 0.5) is 0 Å². The first kappa shape index (κ1) is 11.5. The Balaban J connectivity index is 2.15. The molecule has 0 radical (unpaired) electrons. The largest absolute Gasteiger partial charge is 0.508 e. The minimum absolute atomic E-state index is 0.0300. The monoisotopic (exact) mass is 252 g/mol. The van der Waals surface area contributed by atoms with Crippen LogP contribution < -0.4 is 5.43 Å². The topological polar surface area (TPSA) is 86.1 Å². The van der Waals surface area contributed by atoms with Gasteiger partial charge in [0, 0.05) is 11.6 Å². The van der Waals surface area contributed by atoms with Crippen molar-refractivity contribution in [2.75, 3.05) is 5.43 Å². The van der Waals surface area contributed by atoms with E-state index in [0.29, 0.717) is 22.7 Å². The maximum Gasteiger partial charge on any atom is 0.214 e. The summed E-state index contributed by atoms with van der Waals surface area (Å²) in [7, 11) is 0. The van der Waals surface area contributed by atoms with Crippen molar-refractivity contribution < 1.29 is 10.2 Å². The molecule has 17 heavy (non-hydrogen) atoms. The normalized spacial score (nSPS) is 10.4. The minimum atomic E-state index is 0.0300. The van der Waals surface area contributed by atoms with Gasteiger partial charge in [0.15, 0.2) is 0 Å². The first-order chi connectivity index (χ1) is 8.08. The van der Waals surface area contributed by atoms with Gasteiger partial charge in [0.1, 0.15) is 17.3 Å². The minimum Gasteiger partial charge on any atom is -0.508 e. The number of hydrogen-bond acceptors (Lipinski definition) is 5. The van der Waals surface area contributed by atoms with Gasteiger partial charge < -0.3 is 15.6 Å². The van der Waals surface area contributed by atoms with Crippen LogP contribution in [0, 0.1) is 11.7 Å². The van der Waals surface area contributed by atoms with Crippen molar-refractivity contribution in [3.05, 3.63) is 34.4 Å². The lowest BCUT2D eigenvalue weighted by atomic mass is 10.2. The van der Waals surface area contributed by atoms with E-state index >= 15 is 0 Å². The van der Waals surface area contributed by atoms with Crippen LogP contribution >= 0.6 is 12.2 Å². The summed E-state index contributed by atoms with van der Waals surface area (Å²) in [6, 6.07) is 4.44. The van der Waals surface area contributed by atoms with E-state index in [1.165, 1.54) is 12.1 Å². The van der Waals surface area contributed by atoms with Crippen molar-refractivity contribution in [1.82, 2.24) is 14.9 Å². The lowest BCUT2D eigenvalue weighted by molar-refractivity contribution is 0.446. The fraction of sp³-hybridized carbons (Fsp3) is 0.200. The van der Waals surface area contributed by atoms with Gasteiger partial charge in [0.2, 0.25) is 4.77 Å². The number of benzene rings is 1. The van der Waals surface area contributed by atoms with Crippen molar-refractivity contribution in [3.8, 4) is 11.5 Å². The summed E-state index contributed by atoms with van der Waals surface area (Å²) in [5, 5.41) is 25.4. The molecule has 90 valence electrons. The summed E-state index contributed by atoms with van der Waals surface area (Å²) in [6.07, 6.45) is 0. The van der Waals surface area contributed by atoms with Gasteiger partial charge in [-0.05, 0) is 31.3 Å². The van der Waals surface area contributed by atoms with E-state index in [-0.39, 0.29) is 11.5 Å². The first-order valence-corrected chi connectivity index (χ1v) is 5.37. The lowest BCUT2D eigenvalue weighted by Crippen LogP contribution is -2.16. The number of aromatic amines is 1. The Bertz CT molecular complexity index is 590. The van der Waals surface area contributed by atoms with Crippen LogP contribution in [0.3, 0.4) is 0 Å². The van der Waals surface area contributed by atoms with E-state index in [4.69, 9.17) is 17.3 Å². The van der Waals surface area contributed by atoms with Crippen LogP contribution in [0.15, 0.2) is 18.2 Å². The molecule has 0 aliphatic rings. The highest BCUT2D eigenvalue weighted by Gasteiger charge is 2.04. The molecular weight excluding hydrogens is 240 g/mol. The van der Waals surface area contributed by atoms with Crippen molar-refractivity contribution in [3.63, 3.8) is 0 Å². The highest BCUT2D eigenvalue weighted by molar-refractivity contribution is 7.71. The second-order valence-electron chi connectivity index (χ2n) is 3.56. The van der Waals surface area contributed by atoms with Crippen molar-refractivity contribution in [2.24, 2.45) is 0 Å². The molecule has 0 amide bonds. The second-order valence-corrected chi connectivity index (χ2v) is 3.95. The van der Waals surface area contributed by atoms with Gasteiger partial charge in [-0.1, -0.05) is 0 Å². The average molecular weight is 252 g/mol. The molecule has 2 aromatic rings. The zero-order valence-corrected chi connectivity index (χ0v) is 9.95. The van der Waals surface area contributed by atoms with E-state index in [2.05, 4.69) is 15.6 Å². The number of nitrogens with one attached hydrogen (secondary N) is 2. The quantitative estimate of drug-likeness (QED) is 0.620. The number of hydrogen-bond donors (Lipinski definition) is 4. The van der Waals surface area contributed by atoms with Gasteiger partial charge in [-0.2, -0.15) is 5.10 Å². The molecule has 1 aromatic carbocycles. The molecule has 2 rings (SSSR count). The van der Waals surface area contributed by atoms with E-state index < -0.39 is 0 Å². The molecule has 7 heteroatoms. The second kappa shape index (κ2) is 4.46. The molecule has 6 nitrogen and oxygen atoms in total. The molecule has 0 unspecified atom stereocenters. The number of phenols is 2. The Morgan fingerprint density at radius 3 is 2.82 bits per heavy atom. The number of H-pyrrole nitrogens is 1.